The fourth-order valence-corrected chi connectivity index (χ4v) is 19.5. The van der Waals surface area contributed by atoms with Crippen LogP contribution in [0.5, 0.6) is 0 Å². The van der Waals surface area contributed by atoms with E-state index in [-0.39, 0.29) is 40.2 Å². The second-order valence-electron chi connectivity index (χ2n) is 34.5. The van der Waals surface area contributed by atoms with Gasteiger partial charge in [-0.1, -0.05) is 397 Å². The standard InChI is InChI=1S/C132H80Cl2N6.2Ir/c133-105-61-67-111(125(83-105)103-75-99(107-37-13-17-41-113(107)117-63-57-95(127-45-21-25-69-135-127)79-121(117)87-29-5-1-6-30-87)73-100(76-103)108-38-14-18-42-114(108)118-64-58-96(128-46-22-26-70-136-128)80-122(118)88-31-7-2-8-32-88)91-49-53-93(54-50-91)131-85-132(140-86-139-131)94-55-51-92(52-56-94)112-68-62-106(134)84-126(112)104-77-101(109-39-15-19-43-115(109)119-65-59-97(129-47-23-27-71-137-129)81-123(119)89-33-9-3-10-34-89)74-102(78-104)110-40-16-20-44-116(110)120-66-60-98(130-48-24-28-72-138-130)82-124(120)90-35-11-4-12-36-90;;/h1-53,55,61-86H;;/q-6;2*+3. The van der Waals surface area contributed by atoms with E-state index in [1.54, 1.807) is 6.33 Å². The molecule has 10 heteroatoms. The van der Waals surface area contributed by atoms with Gasteiger partial charge in [0, 0.05) is 34.8 Å². The SMILES string of the molecule is Clc1ccc(-c2c[c-]c(-c3cc(-c4[c-]cc(-c5ccc(Cl)cc5-c5cc(-c6ccccc6-c6c[c-]c(-c7ccccn7)cc6-c6ccccc6)cc(-c6ccccc6-c6c[c-]c(-c7ccccn7)cc6-c6ccccc6)c5)cc4)ncn3)cc2)c(-c2cc(-c3ccccc3-c3c[c-]c(-c4ccccn4)cc3-c3ccccc3)cc(-c3ccccc3-c3c[c-]c(-c4ccccn4)cc3-c3ccccc3)c2)c1.[Ir+3].[Ir+3]. The number of hydrogen-bond acceptors (Lipinski definition) is 6. The fraction of sp³-hybridized carbons (Fsp3) is 0. The number of pyridine rings is 4. The van der Waals surface area contributed by atoms with Crippen molar-refractivity contribution in [3.05, 3.63) is 533 Å². The summed E-state index contributed by atoms with van der Waals surface area (Å²) in [5.41, 5.74) is 42.7. The monoisotopic (exact) mass is 2200 g/mol. The zero-order valence-corrected chi connectivity index (χ0v) is 82.6. The predicted octanol–water partition coefficient (Wildman–Crippen LogP) is 34.8. The molecule has 5 heterocycles. The average molecular weight is 2210 g/mol. The Bertz CT molecular complexity index is 7650. The zero-order valence-electron chi connectivity index (χ0n) is 76.3. The summed E-state index contributed by atoms with van der Waals surface area (Å²) in [6.07, 6.45) is 8.94. The minimum atomic E-state index is 0. The zero-order chi connectivity index (χ0) is 93.6. The van der Waals surface area contributed by atoms with Crippen molar-refractivity contribution >= 4 is 23.2 Å². The number of hydrogen-bond donors (Lipinski definition) is 0. The molecule has 6 nitrogen and oxygen atoms in total. The third kappa shape index (κ3) is 19.1. The second-order valence-corrected chi connectivity index (χ2v) is 35.3. The number of benzene rings is 18. The molecule has 0 saturated heterocycles. The number of aromatic nitrogens is 6. The maximum absolute atomic E-state index is 7.30. The summed E-state index contributed by atoms with van der Waals surface area (Å²) in [6.45, 7) is 0. The van der Waals surface area contributed by atoms with E-state index in [2.05, 4.69) is 400 Å². The summed E-state index contributed by atoms with van der Waals surface area (Å²) < 4.78 is 0. The van der Waals surface area contributed by atoms with Gasteiger partial charge in [-0.15, -0.1) is 155 Å². The van der Waals surface area contributed by atoms with Crippen LogP contribution in [0.15, 0.2) is 486 Å². The van der Waals surface area contributed by atoms with Crippen LogP contribution in [0.1, 0.15) is 0 Å². The van der Waals surface area contributed by atoms with Crippen molar-refractivity contribution < 1.29 is 40.2 Å². The molecule has 23 rings (SSSR count). The normalized spacial score (nSPS) is 11.1. The molecule has 0 bridgehead atoms. The summed E-state index contributed by atoms with van der Waals surface area (Å²) in [6, 6.07) is 182. The van der Waals surface area contributed by atoms with Crippen molar-refractivity contribution in [2.24, 2.45) is 0 Å². The van der Waals surface area contributed by atoms with E-state index in [1.165, 1.54) is 0 Å². The van der Waals surface area contributed by atoms with Gasteiger partial charge in [0.2, 0.25) is 0 Å². The van der Waals surface area contributed by atoms with E-state index < -0.39 is 0 Å². The molecule has 0 aliphatic heterocycles. The Morgan fingerprint density at radius 2 is 0.373 bits per heavy atom. The van der Waals surface area contributed by atoms with Gasteiger partial charge < -0.3 is 19.9 Å². The van der Waals surface area contributed by atoms with Crippen molar-refractivity contribution in [3.8, 4) is 246 Å². The van der Waals surface area contributed by atoms with Gasteiger partial charge in [-0.25, -0.2) is 0 Å². The van der Waals surface area contributed by atoms with Gasteiger partial charge >= 0.3 is 40.2 Å². The van der Waals surface area contributed by atoms with Gasteiger partial charge in [-0.2, -0.15) is 0 Å². The van der Waals surface area contributed by atoms with Crippen LogP contribution in [0.3, 0.4) is 0 Å². The molecule has 0 N–H and O–H groups in total. The van der Waals surface area contributed by atoms with Gasteiger partial charge in [0.25, 0.3) is 0 Å². The molecular weight excluding hydrogens is 2120 g/mol. The molecular formula is C132H80Cl2Ir2N6. The molecule has 142 heavy (non-hydrogen) atoms. The quantitative estimate of drug-likeness (QED) is 0.0629. The van der Waals surface area contributed by atoms with Crippen molar-refractivity contribution in [1.82, 2.24) is 29.9 Å². The number of rotatable bonds is 22. The van der Waals surface area contributed by atoms with Crippen LogP contribution < -0.4 is 0 Å². The average Bonchev–Trinajstić information content (AvgIpc) is 0.766. The van der Waals surface area contributed by atoms with E-state index >= 15 is 0 Å². The van der Waals surface area contributed by atoms with E-state index in [0.29, 0.717) is 21.4 Å². The Morgan fingerprint density at radius 1 is 0.141 bits per heavy atom. The molecule has 0 amide bonds. The van der Waals surface area contributed by atoms with Gasteiger partial charge in [0.15, 0.2) is 0 Å². The molecule has 0 radical (unpaired) electrons. The van der Waals surface area contributed by atoms with Crippen molar-refractivity contribution in [2.75, 3.05) is 0 Å². The topological polar surface area (TPSA) is 77.3 Å². The Labute approximate surface area is 864 Å². The first kappa shape index (κ1) is 91.9. The Morgan fingerprint density at radius 3 is 0.627 bits per heavy atom. The molecule has 0 aliphatic rings. The van der Waals surface area contributed by atoms with Gasteiger partial charge in [0.05, 0.1) is 6.33 Å². The summed E-state index contributed by atoms with van der Waals surface area (Å²) in [5, 5.41) is 1.20. The number of halogens is 2. The third-order valence-corrected chi connectivity index (χ3v) is 26.4. The smallest absolute Gasteiger partial charge is 0.305 e. The Kier molecular flexibility index (Phi) is 27.0. The maximum Gasteiger partial charge on any atom is 3.00 e. The summed E-state index contributed by atoms with van der Waals surface area (Å²) >= 11 is 14.6. The van der Waals surface area contributed by atoms with Crippen LogP contribution in [0.25, 0.3) is 246 Å². The summed E-state index contributed by atoms with van der Waals surface area (Å²) in [5.74, 6) is 0. The molecule has 5 aromatic heterocycles. The molecule has 670 valence electrons. The van der Waals surface area contributed by atoms with E-state index in [4.69, 9.17) is 53.1 Å². The Hall–Kier alpha value is -16.5. The first-order valence-electron chi connectivity index (χ1n) is 46.5. The largest absolute Gasteiger partial charge is 3.00 e. The summed E-state index contributed by atoms with van der Waals surface area (Å²) in [4.78, 5) is 28.9. The maximum atomic E-state index is 7.30. The van der Waals surface area contributed by atoms with E-state index in [1.807, 2.05) is 116 Å². The molecule has 0 aliphatic carbocycles. The van der Waals surface area contributed by atoms with E-state index in [0.717, 1.165) is 234 Å². The molecule has 0 fully saturated rings. The van der Waals surface area contributed by atoms with Gasteiger partial charge in [0.1, 0.15) is 0 Å². The molecule has 0 spiro atoms. The van der Waals surface area contributed by atoms with Crippen LogP contribution in [0, 0.1) is 36.4 Å². The molecule has 18 aromatic carbocycles. The van der Waals surface area contributed by atoms with Crippen LogP contribution >= 0.6 is 23.2 Å². The van der Waals surface area contributed by atoms with Crippen LogP contribution in [-0.2, 0) is 40.2 Å². The predicted molar refractivity (Wildman–Crippen MR) is 576 cm³/mol. The Balaban J connectivity index is 0.00000596. The van der Waals surface area contributed by atoms with Gasteiger partial charge in [-0.3, -0.25) is 9.97 Å². The van der Waals surface area contributed by atoms with Crippen LogP contribution in [0.4, 0.5) is 0 Å². The number of nitrogens with zero attached hydrogens (tertiary/aromatic N) is 6. The van der Waals surface area contributed by atoms with Gasteiger partial charge in [-0.05, 0) is 208 Å². The first-order chi connectivity index (χ1) is 69.2. The van der Waals surface area contributed by atoms with Crippen LogP contribution in [-0.4, -0.2) is 29.9 Å². The minimum Gasteiger partial charge on any atom is -0.305 e. The van der Waals surface area contributed by atoms with Crippen molar-refractivity contribution in [1.29, 1.82) is 0 Å². The fourth-order valence-electron chi connectivity index (χ4n) is 19.2. The van der Waals surface area contributed by atoms with Crippen molar-refractivity contribution in [2.45, 2.75) is 0 Å². The molecule has 0 unspecified atom stereocenters. The molecule has 0 atom stereocenters. The summed E-state index contributed by atoms with van der Waals surface area (Å²) in [7, 11) is 0. The molecule has 23 aromatic rings. The second kappa shape index (κ2) is 41.7. The minimum absolute atomic E-state index is 0. The first-order valence-corrected chi connectivity index (χ1v) is 47.2. The van der Waals surface area contributed by atoms with Crippen molar-refractivity contribution in [3.63, 3.8) is 0 Å². The third-order valence-electron chi connectivity index (χ3n) is 25.9. The van der Waals surface area contributed by atoms with E-state index in [9.17, 15) is 0 Å². The van der Waals surface area contributed by atoms with Crippen LogP contribution in [0.2, 0.25) is 10.0 Å². The molecule has 0 saturated carbocycles.